The largest absolute Gasteiger partial charge is 0.491 e. The molecule has 0 unspecified atom stereocenters. The lowest BCUT2D eigenvalue weighted by Crippen LogP contribution is -2.14. The van der Waals surface area contributed by atoms with Gasteiger partial charge in [-0.3, -0.25) is 0 Å². The minimum Gasteiger partial charge on any atom is -0.491 e. The SMILES string of the molecule is C[C](C)c1ccc(CC(C)C)c(CC(C)C)c1CCOCCOc1ccccc1. The fourth-order valence-electron chi connectivity index (χ4n) is 3.80. The van der Waals surface area contributed by atoms with Gasteiger partial charge in [-0.2, -0.15) is 0 Å². The standard InChI is InChI=1S/C27H39O2/c1-20(2)18-23-12-13-25(22(5)6)26(27(23)19-21(3)4)14-15-28-16-17-29-24-10-8-7-9-11-24/h7-13,20-21H,14-19H2,1-6H3. The molecule has 2 rings (SSSR count). The highest BCUT2D eigenvalue weighted by atomic mass is 16.5. The lowest BCUT2D eigenvalue weighted by molar-refractivity contribution is 0.102. The van der Waals surface area contributed by atoms with E-state index in [1.165, 1.54) is 22.6 Å². The van der Waals surface area contributed by atoms with Crippen molar-refractivity contribution in [2.75, 3.05) is 19.8 Å². The zero-order valence-corrected chi connectivity index (χ0v) is 19.3. The van der Waals surface area contributed by atoms with Gasteiger partial charge in [0.25, 0.3) is 0 Å². The molecule has 0 aliphatic heterocycles. The molecule has 2 aromatic carbocycles. The summed E-state index contributed by atoms with van der Waals surface area (Å²) in [5.41, 5.74) is 5.95. The van der Waals surface area contributed by atoms with Gasteiger partial charge in [0.15, 0.2) is 0 Å². The van der Waals surface area contributed by atoms with Crippen molar-refractivity contribution in [1.82, 2.24) is 0 Å². The van der Waals surface area contributed by atoms with E-state index < -0.39 is 0 Å². The highest BCUT2D eigenvalue weighted by Gasteiger charge is 2.17. The summed E-state index contributed by atoms with van der Waals surface area (Å²) in [5, 5.41) is 0. The topological polar surface area (TPSA) is 18.5 Å². The van der Waals surface area contributed by atoms with Crippen molar-refractivity contribution in [2.45, 2.75) is 60.8 Å². The van der Waals surface area contributed by atoms with Gasteiger partial charge in [0, 0.05) is 0 Å². The van der Waals surface area contributed by atoms with Gasteiger partial charge in [0.2, 0.25) is 0 Å². The Morgan fingerprint density at radius 3 is 2.07 bits per heavy atom. The summed E-state index contributed by atoms with van der Waals surface area (Å²) in [6.45, 7) is 15.6. The molecule has 0 fully saturated rings. The monoisotopic (exact) mass is 395 g/mol. The van der Waals surface area contributed by atoms with Crippen molar-refractivity contribution in [1.29, 1.82) is 0 Å². The Balaban J connectivity index is 2.03. The van der Waals surface area contributed by atoms with Crippen molar-refractivity contribution in [2.24, 2.45) is 11.8 Å². The molecule has 0 saturated heterocycles. The molecule has 0 amide bonds. The number of para-hydroxylation sites is 1. The first-order valence-electron chi connectivity index (χ1n) is 11.1. The van der Waals surface area contributed by atoms with Crippen LogP contribution in [0.3, 0.4) is 0 Å². The predicted molar refractivity (Wildman–Crippen MR) is 124 cm³/mol. The summed E-state index contributed by atoms with van der Waals surface area (Å²) in [7, 11) is 0. The van der Waals surface area contributed by atoms with Gasteiger partial charge in [-0.25, -0.2) is 0 Å². The molecule has 29 heavy (non-hydrogen) atoms. The third-order valence-corrected chi connectivity index (χ3v) is 5.04. The van der Waals surface area contributed by atoms with Crippen LogP contribution >= 0.6 is 0 Å². The molecule has 0 atom stereocenters. The minimum absolute atomic E-state index is 0.585. The number of rotatable bonds is 12. The molecular weight excluding hydrogens is 356 g/mol. The molecular formula is C27H39O2. The Bertz CT molecular complexity index is 717. The highest BCUT2D eigenvalue weighted by Crippen LogP contribution is 2.29. The summed E-state index contributed by atoms with van der Waals surface area (Å²) in [6, 6.07) is 14.6. The molecule has 0 aliphatic carbocycles. The van der Waals surface area contributed by atoms with Crippen LogP contribution in [0.1, 0.15) is 63.8 Å². The van der Waals surface area contributed by atoms with E-state index in [9.17, 15) is 0 Å². The summed E-state index contributed by atoms with van der Waals surface area (Å²) in [6.07, 6.45) is 3.24. The Morgan fingerprint density at radius 1 is 0.759 bits per heavy atom. The van der Waals surface area contributed by atoms with Crippen LogP contribution in [-0.4, -0.2) is 19.8 Å². The number of hydrogen-bond acceptors (Lipinski definition) is 2. The molecule has 0 saturated carbocycles. The van der Waals surface area contributed by atoms with Crippen molar-refractivity contribution in [3.8, 4) is 5.75 Å². The van der Waals surface area contributed by atoms with Gasteiger partial charge in [-0.15, -0.1) is 0 Å². The van der Waals surface area contributed by atoms with Crippen LogP contribution in [0.25, 0.3) is 0 Å². The Morgan fingerprint density at radius 2 is 1.45 bits per heavy atom. The first-order valence-corrected chi connectivity index (χ1v) is 11.1. The Labute approximate surface area is 178 Å². The van der Waals surface area contributed by atoms with E-state index in [2.05, 4.69) is 53.7 Å². The molecule has 0 aliphatic rings. The first-order chi connectivity index (χ1) is 13.9. The predicted octanol–water partition coefficient (Wildman–Crippen LogP) is 6.68. The second-order valence-electron chi connectivity index (χ2n) is 8.95. The summed E-state index contributed by atoms with van der Waals surface area (Å²) >= 11 is 0. The average molecular weight is 396 g/mol. The van der Waals surface area contributed by atoms with E-state index in [-0.39, 0.29) is 0 Å². The van der Waals surface area contributed by atoms with E-state index in [0.717, 1.165) is 31.6 Å². The van der Waals surface area contributed by atoms with Crippen LogP contribution in [0.5, 0.6) is 5.75 Å². The first kappa shape index (κ1) is 23.5. The average Bonchev–Trinajstić information content (AvgIpc) is 2.66. The van der Waals surface area contributed by atoms with Crippen LogP contribution < -0.4 is 4.74 Å². The lowest BCUT2D eigenvalue weighted by Gasteiger charge is -2.23. The van der Waals surface area contributed by atoms with Gasteiger partial charge in [0.05, 0.1) is 13.2 Å². The molecule has 159 valence electrons. The van der Waals surface area contributed by atoms with Crippen molar-refractivity contribution >= 4 is 0 Å². The number of benzene rings is 2. The van der Waals surface area contributed by atoms with Gasteiger partial charge in [-0.1, -0.05) is 71.9 Å². The third kappa shape index (κ3) is 7.85. The summed E-state index contributed by atoms with van der Waals surface area (Å²) < 4.78 is 11.7. The molecule has 0 bridgehead atoms. The van der Waals surface area contributed by atoms with Crippen molar-refractivity contribution < 1.29 is 9.47 Å². The van der Waals surface area contributed by atoms with E-state index in [1.807, 2.05) is 30.3 Å². The van der Waals surface area contributed by atoms with Crippen LogP contribution in [0.4, 0.5) is 0 Å². The Kier molecular flexibility index (Phi) is 9.73. The fourth-order valence-corrected chi connectivity index (χ4v) is 3.80. The van der Waals surface area contributed by atoms with Crippen molar-refractivity contribution in [3.63, 3.8) is 0 Å². The highest BCUT2D eigenvalue weighted by molar-refractivity contribution is 5.47. The van der Waals surface area contributed by atoms with Crippen LogP contribution in [0.15, 0.2) is 42.5 Å². The summed E-state index contributed by atoms with van der Waals surface area (Å²) in [4.78, 5) is 0. The molecule has 0 aromatic heterocycles. The van der Waals surface area contributed by atoms with E-state index >= 15 is 0 Å². The zero-order chi connectivity index (χ0) is 21.2. The van der Waals surface area contributed by atoms with Gasteiger partial charge in [-0.05, 0) is 71.4 Å². The third-order valence-electron chi connectivity index (χ3n) is 5.04. The quantitative estimate of drug-likeness (QED) is 0.373. The van der Waals surface area contributed by atoms with E-state index in [4.69, 9.17) is 9.47 Å². The maximum Gasteiger partial charge on any atom is 0.119 e. The minimum atomic E-state index is 0.585. The molecule has 0 heterocycles. The molecule has 1 radical (unpaired) electrons. The maximum atomic E-state index is 5.94. The second kappa shape index (κ2) is 12.0. The Hall–Kier alpha value is -1.80. The molecule has 2 aromatic rings. The maximum absolute atomic E-state index is 5.94. The van der Waals surface area contributed by atoms with Crippen molar-refractivity contribution in [3.05, 3.63) is 70.6 Å². The lowest BCUT2D eigenvalue weighted by atomic mass is 9.83. The van der Waals surface area contributed by atoms with E-state index in [1.54, 1.807) is 5.56 Å². The number of ether oxygens (including phenoxy) is 2. The van der Waals surface area contributed by atoms with Gasteiger partial charge >= 0.3 is 0 Å². The van der Waals surface area contributed by atoms with Gasteiger partial charge in [0.1, 0.15) is 12.4 Å². The molecule has 0 N–H and O–H groups in total. The van der Waals surface area contributed by atoms with Crippen LogP contribution in [0, 0.1) is 17.8 Å². The van der Waals surface area contributed by atoms with Gasteiger partial charge < -0.3 is 9.47 Å². The van der Waals surface area contributed by atoms with E-state index in [0.29, 0.717) is 25.0 Å². The van der Waals surface area contributed by atoms with Crippen LogP contribution in [0.2, 0.25) is 0 Å². The normalized spacial score (nSPS) is 11.6. The molecule has 0 spiro atoms. The zero-order valence-electron chi connectivity index (χ0n) is 19.3. The molecule has 2 nitrogen and oxygen atoms in total. The fraction of sp³-hybridized carbons (Fsp3) is 0.519. The molecule has 2 heteroatoms. The van der Waals surface area contributed by atoms with Crippen LogP contribution in [-0.2, 0) is 24.0 Å². The summed E-state index contributed by atoms with van der Waals surface area (Å²) in [5.74, 6) is 3.59. The number of hydrogen-bond donors (Lipinski definition) is 0. The smallest absolute Gasteiger partial charge is 0.119 e. The second-order valence-corrected chi connectivity index (χ2v) is 8.95.